The van der Waals surface area contributed by atoms with E-state index >= 15 is 0 Å². The molecule has 1 unspecified atom stereocenters. The number of carbonyl (C=O) groups excluding carboxylic acids is 1. The van der Waals surface area contributed by atoms with Crippen LogP contribution < -0.4 is 15.2 Å². The lowest BCUT2D eigenvalue weighted by atomic mass is 10.0. The van der Waals surface area contributed by atoms with E-state index in [2.05, 4.69) is 4.74 Å². The molecule has 5 nitrogen and oxygen atoms in total. The summed E-state index contributed by atoms with van der Waals surface area (Å²) in [5, 5.41) is 0. The van der Waals surface area contributed by atoms with E-state index in [0.29, 0.717) is 19.3 Å². The Morgan fingerprint density at radius 2 is 2.00 bits per heavy atom. The summed E-state index contributed by atoms with van der Waals surface area (Å²) in [5.41, 5.74) is 7.01. The SMILES string of the molecule is COC(=O)CCC(N)Cc1ccc(OC)cc1OC. The molecule has 0 saturated heterocycles. The summed E-state index contributed by atoms with van der Waals surface area (Å²) in [4.78, 5) is 11.1. The summed E-state index contributed by atoms with van der Waals surface area (Å²) >= 11 is 0. The average molecular weight is 267 g/mol. The highest BCUT2D eigenvalue weighted by Crippen LogP contribution is 2.25. The number of esters is 1. The lowest BCUT2D eigenvalue weighted by Gasteiger charge is -2.14. The minimum atomic E-state index is -0.239. The zero-order chi connectivity index (χ0) is 14.3. The largest absolute Gasteiger partial charge is 0.497 e. The smallest absolute Gasteiger partial charge is 0.305 e. The molecular weight excluding hydrogens is 246 g/mol. The van der Waals surface area contributed by atoms with Gasteiger partial charge in [-0.15, -0.1) is 0 Å². The molecule has 1 rings (SSSR count). The molecule has 0 spiro atoms. The van der Waals surface area contributed by atoms with Gasteiger partial charge in [-0.05, 0) is 24.5 Å². The van der Waals surface area contributed by atoms with Gasteiger partial charge in [-0.1, -0.05) is 6.07 Å². The van der Waals surface area contributed by atoms with Crippen LogP contribution in [0.3, 0.4) is 0 Å². The highest BCUT2D eigenvalue weighted by molar-refractivity contribution is 5.69. The van der Waals surface area contributed by atoms with Crippen molar-refractivity contribution in [2.45, 2.75) is 25.3 Å². The molecule has 0 bridgehead atoms. The zero-order valence-electron chi connectivity index (χ0n) is 11.6. The predicted molar refractivity (Wildman–Crippen MR) is 72.5 cm³/mol. The van der Waals surface area contributed by atoms with Crippen molar-refractivity contribution in [3.63, 3.8) is 0 Å². The Hall–Kier alpha value is -1.75. The van der Waals surface area contributed by atoms with Gasteiger partial charge in [0.1, 0.15) is 11.5 Å². The van der Waals surface area contributed by atoms with Crippen molar-refractivity contribution in [2.24, 2.45) is 5.73 Å². The van der Waals surface area contributed by atoms with Gasteiger partial charge < -0.3 is 19.9 Å². The van der Waals surface area contributed by atoms with Crippen LogP contribution in [0.1, 0.15) is 18.4 Å². The fraction of sp³-hybridized carbons (Fsp3) is 0.500. The Labute approximate surface area is 113 Å². The van der Waals surface area contributed by atoms with E-state index in [9.17, 15) is 4.79 Å². The Kier molecular flexibility index (Phi) is 6.15. The molecule has 0 aliphatic carbocycles. The van der Waals surface area contributed by atoms with Gasteiger partial charge in [-0.3, -0.25) is 4.79 Å². The molecule has 5 heteroatoms. The van der Waals surface area contributed by atoms with Crippen molar-refractivity contribution in [3.05, 3.63) is 23.8 Å². The molecule has 2 N–H and O–H groups in total. The highest BCUT2D eigenvalue weighted by Gasteiger charge is 2.12. The minimum absolute atomic E-state index is 0.110. The molecule has 1 atom stereocenters. The number of rotatable bonds is 7. The van der Waals surface area contributed by atoms with E-state index < -0.39 is 0 Å². The lowest BCUT2D eigenvalue weighted by molar-refractivity contribution is -0.140. The monoisotopic (exact) mass is 267 g/mol. The summed E-state index contributed by atoms with van der Waals surface area (Å²) in [6.45, 7) is 0. The first kappa shape index (κ1) is 15.3. The standard InChI is InChI=1S/C14H21NO4/c1-17-12-6-4-10(13(9-12)18-2)8-11(15)5-7-14(16)19-3/h4,6,9,11H,5,7-8,15H2,1-3H3. The van der Waals surface area contributed by atoms with Crippen molar-refractivity contribution in [3.8, 4) is 11.5 Å². The summed E-state index contributed by atoms with van der Waals surface area (Å²) in [5.74, 6) is 1.24. The van der Waals surface area contributed by atoms with Crippen molar-refractivity contribution in [2.75, 3.05) is 21.3 Å². The fourth-order valence-corrected chi connectivity index (χ4v) is 1.81. The van der Waals surface area contributed by atoms with Crippen molar-refractivity contribution >= 4 is 5.97 Å². The first-order chi connectivity index (χ1) is 9.10. The van der Waals surface area contributed by atoms with Crippen LogP contribution >= 0.6 is 0 Å². The second kappa shape index (κ2) is 7.63. The third-order valence-electron chi connectivity index (χ3n) is 2.92. The van der Waals surface area contributed by atoms with Gasteiger partial charge >= 0.3 is 5.97 Å². The van der Waals surface area contributed by atoms with E-state index in [-0.39, 0.29) is 12.0 Å². The molecule has 0 saturated carbocycles. The zero-order valence-corrected chi connectivity index (χ0v) is 11.6. The summed E-state index contributed by atoms with van der Waals surface area (Å²) in [6, 6.07) is 5.50. The Morgan fingerprint density at radius 3 is 2.58 bits per heavy atom. The van der Waals surface area contributed by atoms with Crippen LogP contribution in [0.15, 0.2) is 18.2 Å². The third kappa shape index (κ3) is 4.79. The lowest BCUT2D eigenvalue weighted by Crippen LogP contribution is -2.24. The van der Waals surface area contributed by atoms with Crippen LogP contribution in [0, 0.1) is 0 Å². The molecule has 0 heterocycles. The number of hydrogen-bond acceptors (Lipinski definition) is 5. The van der Waals surface area contributed by atoms with E-state index in [1.54, 1.807) is 14.2 Å². The van der Waals surface area contributed by atoms with E-state index in [1.165, 1.54) is 7.11 Å². The van der Waals surface area contributed by atoms with Gasteiger partial charge in [0.2, 0.25) is 0 Å². The molecular formula is C14H21NO4. The first-order valence-corrected chi connectivity index (χ1v) is 6.14. The second-order valence-corrected chi connectivity index (χ2v) is 4.26. The Balaban J connectivity index is 2.62. The van der Waals surface area contributed by atoms with Gasteiger partial charge in [0.15, 0.2) is 0 Å². The van der Waals surface area contributed by atoms with Gasteiger partial charge in [0.25, 0.3) is 0 Å². The molecule has 106 valence electrons. The van der Waals surface area contributed by atoms with Gasteiger partial charge in [-0.25, -0.2) is 0 Å². The van der Waals surface area contributed by atoms with Crippen molar-refractivity contribution in [1.29, 1.82) is 0 Å². The number of ether oxygens (including phenoxy) is 3. The van der Waals surface area contributed by atoms with Gasteiger partial charge in [0, 0.05) is 18.5 Å². The van der Waals surface area contributed by atoms with Crippen LogP contribution in [0.25, 0.3) is 0 Å². The maximum absolute atomic E-state index is 11.1. The molecule has 0 aromatic heterocycles. The minimum Gasteiger partial charge on any atom is -0.497 e. The molecule has 0 fully saturated rings. The normalized spacial score (nSPS) is 11.8. The third-order valence-corrected chi connectivity index (χ3v) is 2.92. The van der Waals surface area contributed by atoms with Gasteiger partial charge in [-0.2, -0.15) is 0 Å². The summed E-state index contributed by atoms with van der Waals surface area (Å²) < 4.78 is 15.0. The molecule has 1 aromatic rings. The molecule has 1 aromatic carbocycles. The van der Waals surface area contributed by atoms with Crippen LogP contribution in [0.4, 0.5) is 0 Å². The number of carbonyl (C=O) groups is 1. The predicted octanol–water partition coefficient (Wildman–Crippen LogP) is 1.53. The number of nitrogens with two attached hydrogens (primary N) is 1. The van der Waals surface area contributed by atoms with Crippen LogP contribution in [0.2, 0.25) is 0 Å². The topological polar surface area (TPSA) is 70.8 Å². The fourth-order valence-electron chi connectivity index (χ4n) is 1.81. The van der Waals surface area contributed by atoms with Crippen LogP contribution in [0.5, 0.6) is 11.5 Å². The number of hydrogen-bond donors (Lipinski definition) is 1. The quantitative estimate of drug-likeness (QED) is 0.758. The van der Waals surface area contributed by atoms with E-state index in [4.69, 9.17) is 15.2 Å². The number of methoxy groups -OCH3 is 3. The van der Waals surface area contributed by atoms with Crippen molar-refractivity contribution in [1.82, 2.24) is 0 Å². The second-order valence-electron chi connectivity index (χ2n) is 4.26. The molecule has 0 amide bonds. The molecule has 0 aliphatic rings. The van der Waals surface area contributed by atoms with Gasteiger partial charge in [0.05, 0.1) is 21.3 Å². The highest BCUT2D eigenvalue weighted by atomic mass is 16.5. The Morgan fingerprint density at radius 1 is 1.26 bits per heavy atom. The molecule has 19 heavy (non-hydrogen) atoms. The van der Waals surface area contributed by atoms with E-state index in [1.807, 2.05) is 18.2 Å². The van der Waals surface area contributed by atoms with Crippen molar-refractivity contribution < 1.29 is 19.0 Å². The maximum Gasteiger partial charge on any atom is 0.305 e. The average Bonchev–Trinajstić information content (AvgIpc) is 2.45. The number of benzene rings is 1. The molecule has 0 aliphatic heterocycles. The Bertz CT molecular complexity index is 420. The van der Waals surface area contributed by atoms with Crippen LogP contribution in [-0.4, -0.2) is 33.3 Å². The first-order valence-electron chi connectivity index (χ1n) is 6.14. The van der Waals surface area contributed by atoms with E-state index in [0.717, 1.165) is 17.1 Å². The van der Waals surface area contributed by atoms with Crippen LogP contribution in [-0.2, 0) is 16.0 Å². The maximum atomic E-state index is 11.1. The summed E-state index contributed by atoms with van der Waals surface area (Å²) in [7, 11) is 4.59. The molecule has 0 radical (unpaired) electrons. The summed E-state index contributed by atoms with van der Waals surface area (Å²) in [6.07, 6.45) is 1.56.